The normalized spacial score (nSPS) is 13.9. The predicted octanol–water partition coefficient (Wildman–Crippen LogP) is 1.75. The smallest absolute Gasteiger partial charge is 0.313 e. The van der Waals surface area contributed by atoms with Gasteiger partial charge in [-0.3, -0.25) is 9.59 Å². The van der Waals surface area contributed by atoms with Gasteiger partial charge in [0, 0.05) is 31.9 Å². The highest BCUT2D eigenvalue weighted by atomic mass is 19.1. The molecule has 0 spiro atoms. The van der Waals surface area contributed by atoms with Crippen molar-refractivity contribution in [1.29, 1.82) is 0 Å². The van der Waals surface area contributed by atoms with E-state index in [1.165, 1.54) is 0 Å². The fourth-order valence-corrected chi connectivity index (χ4v) is 2.95. The first kappa shape index (κ1) is 18.8. The number of nitrogens with zero attached hydrogens (tertiary/aromatic N) is 1. The molecule has 0 saturated heterocycles. The molecule has 6 nitrogen and oxygen atoms in total. The minimum Gasteiger partial charge on any atom is -0.387 e. The van der Waals surface area contributed by atoms with Gasteiger partial charge in [-0.2, -0.15) is 0 Å². The number of rotatable bonds is 4. The summed E-state index contributed by atoms with van der Waals surface area (Å²) in [7, 11) is 1.99. The first-order chi connectivity index (χ1) is 12.8. The van der Waals surface area contributed by atoms with Crippen molar-refractivity contribution in [3.05, 3.63) is 59.2 Å². The molecule has 0 fully saturated rings. The number of amides is 2. The molecule has 3 N–H and O–H groups in total. The molecule has 0 saturated carbocycles. The third kappa shape index (κ3) is 4.22. The summed E-state index contributed by atoms with van der Waals surface area (Å²) in [5, 5.41) is 14.5. The molecule has 0 aliphatic carbocycles. The predicted molar refractivity (Wildman–Crippen MR) is 96.4 cm³/mol. The van der Waals surface area contributed by atoms with Crippen molar-refractivity contribution in [3.63, 3.8) is 0 Å². The van der Waals surface area contributed by atoms with Gasteiger partial charge in [0.1, 0.15) is 11.6 Å². The lowest BCUT2D eigenvalue weighted by Crippen LogP contribution is -2.37. The molecule has 1 aliphatic rings. The Hall–Kier alpha value is -3.00. The minimum absolute atomic E-state index is 0.188. The lowest BCUT2D eigenvalue weighted by molar-refractivity contribution is -0.136. The Labute approximate surface area is 154 Å². The second kappa shape index (κ2) is 7.71. The molecular formula is C19H19F2N3O3. The van der Waals surface area contributed by atoms with Gasteiger partial charge in [0.2, 0.25) is 0 Å². The molecule has 3 rings (SSSR count). The molecule has 142 valence electrons. The number of hydrogen-bond donors (Lipinski definition) is 3. The van der Waals surface area contributed by atoms with Crippen molar-refractivity contribution in [2.24, 2.45) is 0 Å². The molecule has 8 heteroatoms. The first-order valence-electron chi connectivity index (χ1n) is 8.41. The molecule has 1 aliphatic heterocycles. The Morgan fingerprint density at radius 1 is 1.19 bits per heavy atom. The van der Waals surface area contributed by atoms with Gasteiger partial charge < -0.3 is 20.6 Å². The fourth-order valence-electron chi connectivity index (χ4n) is 2.95. The molecule has 2 aromatic carbocycles. The average molecular weight is 375 g/mol. The number of carbonyl (C=O) groups excluding carboxylic acids is 2. The van der Waals surface area contributed by atoms with Crippen LogP contribution in [0.15, 0.2) is 36.4 Å². The number of nitrogens with one attached hydrogen (secondary N) is 2. The number of anilines is 2. The molecule has 1 atom stereocenters. The van der Waals surface area contributed by atoms with Crippen molar-refractivity contribution in [1.82, 2.24) is 5.32 Å². The summed E-state index contributed by atoms with van der Waals surface area (Å²) in [6.07, 6.45) is -0.121. The van der Waals surface area contributed by atoms with E-state index >= 15 is 0 Å². The summed E-state index contributed by atoms with van der Waals surface area (Å²) < 4.78 is 26.6. The zero-order chi connectivity index (χ0) is 19.6. The summed E-state index contributed by atoms with van der Waals surface area (Å²) in [6.45, 7) is 0.717. The number of carbonyl (C=O) groups is 2. The third-order valence-corrected chi connectivity index (χ3v) is 4.45. The number of halogens is 2. The monoisotopic (exact) mass is 375 g/mol. The maximum Gasteiger partial charge on any atom is 0.313 e. The van der Waals surface area contributed by atoms with Crippen LogP contribution >= 0.6 is 0 Å². The van der Waals surface area contributed by atoms with E-state index in [0.717, 1.165) is 42.4 Å². The SMILES string of the molecule is CN1CCc2cc([C@H](O)CNC(=O)C(=O)Nc3cc(F)ccc3F)ccc21. The van der Waals surface area contributed by atoms with Crippen LogP contribution in [0.5, 0.6) is 0 Å². The van der Waals surface area contributed by atoms with E-state index in [0.29, 0.717) is 5.56 Å². The van der Waals surface area contributed by atoms with Crippen LogP contribution in [0, 0.1) is 11.6 Å². The number of aliphatic hydroxyl groups is 1. The number of aliphatic hydroxyl groups excluding tert-OH is 1. The summed E-state index contributed by atoms with van der Waals surface area (Å²) in [5.41, 5.74) is 2.41. The van der Waals surface area contributed by atoms with Gasteiger partial charge in [-0.25, -0.2) is 8.78 Å². The summed E-state index contributed by atoms with van der Waals surface area (Å²) in [6, 6.07) is 8.06. The van der Waals surface area contributed by atoms with Gasteiger partial charge in [-0.05, 0) is 35.7 Å². The first-order valence-corrected chi connectivity index (χ1v) is 8.41. The van der Waals surface area contributed by atoms with Gasteiger partial charge in [0.05, 0.1) is 11.8 Å². The quantitative estimate of drug-likeness (QED) is 0.711. The van der Waals surface area contributed by atoms with Crippen LogP contribution in [0.1, 0.15) is 17.2 Å². The molecule has 2 amide bonds. The molecule has 0 radical (unpaired) electrons. The summed E-state index contributed by atoms with van der Waals surface area (Å²) >= 11 is 0. The minimum atomic E-state index is -1.15. The fraction of sp³-hybridized carbons (Fsp3) is 0.263. The van der Waals surface area contributed by atoms with E-state index in [-0.39, 0.29) is 6.54 Å². The second-order valence-electron chi connectivity index (χ2n) is 6.36. The largest absolute Gasteiger partial charge is 0.387 e. The number of hydrogen-bond acceptors (Lipinski definition) is 4. The van der Waals surface area contributed by atoms with Gasteiger partial charge in [-0.15, -0.1) is 0 Å². The van der Waals surface area contributed by atoms with E-state index < -0.39 is 35.2 Å². The standard InChI is InChI=1S/C19H19F2N3O3/c1-24-7-6-11-8-12(2-5-16(11)24)17(25)10-22-18(26)19(27)23-15-9-13(20)3-4-14(15)21/h2-5,8-9,17,25H,6-7,10H2,1H3,(H,22,26)(H,23,27)/t17-/m1/s1. The molecule has 1 heterocycles. The van der Waals surface area contributed by atoms with E-state index in [1.54, 1.807) is 6.07 Å². The molecule has 27 heavy (non-hydrogen) atoms. The molecule has 2 aromatic rings. The molecular weight excluding hydrogens is 356 g/mol. The topological polar surface area (TPSA) is 81.7 Å². The molecule has 0 bridgehead atoms. The highest BCUT2D eigenvalue weighted by molar-refractivity contribution is 6.39. The number of likely N-dealkylation sites (N-methyl/N-ethyl adjacent to an activating group) is 1. The van der Waals surface area contributed by atoms with Crippen LogP contribution in [0.4, 0.5) is 20.2 Å². The summed E-state index contributed by atoms with van der Waals surface area (Å²) in [4.78, 5) is 25.8. The average Bonchev–Trinajstić information content (AvgIpc) is 3.02. The van der Waals surface area contributed by atoms with Crippen LogP contribution < -0.4 is 15.5 Å². The van der Waals surface area contributed by atoms with Gasteiger partial charge >= 0.3 is 11.8 Å². The summed E-state index contributed by atoms with van der Waals surface area (Å²) in [5.74, 6) is -3.81. The van der Waals surface area contributed by atoms with Crippen molar-refractivity contribution in [2.75, 3.05) is 30.4 Å². The second-order valence-corrected chi connectivity index (χ2v) is 6.36. The van der Waals surface area contributed by atoms with Crippen molar-refractivity contribution >= 4 is 23.2 Å². The van der Waals surface area contributed by atoms with Crippen LogP contribution in [-0.4, -0.2) is 37.1 Å². The zero-order valence-corrected chi connectivity index (χ0v) is 14.6. The maximum atomic E-state index is 13.5. The lowest BCUT2D eigenvalue weighted by atomic mass is 10.0. The van der Waals surface area contributed by atoms with E-state index in [1.807, 2.05) is 24.5 Å². The Kier molecular flexibility index (Phi) is 5.36. The maximum absolute atomic E-state index is 13.5. The van der Waals surface area contributed by atoms with Crippen LogP contribution in [-0.2, 0) is 16.0 Å². The van der Waals surface area contributed by atoms with E-state index in [4.69, 9.17) is 0 Å². The van der Waals surface area contributed by atoms with Gasteiger partial charge in [0.25, 0.3) is 0 Å². The van der Waals surface area contributed by atoms with Crippen molar-refractivity contribution in [3.8, 4) is 0 Å². The Bertz CT molecular complexity index is 888. The Morgan fingerprint density at radius 3 is 2.74 bits per heavy atom. The van der Waals surface area contributed by atoms with E-state index in [2.05, 4.69) is 10.2 Å². The van der Waals surface area contributed by atoms with Crippen LogP contribution in [0.2, 0.25) is 0 Å². The molecule has 0 unspecified atom stereocenters. The van der Waals surface area contributed by atoms with Crippen molar-refractivity contribution < 1.29 is 23.5 Å². The van der Waals surface area contributed by atoms with Crippen LogP contribution in [0.3, 0.4) is 0 Å². The van der Waals surface area contributed by atoms with Crippen LogP contribution in [0.25, 0.3) is 0 Å². The van der Waals surface area contributed by atoms with Gasteiger partial charge in [0.15, 0.2) is 0 Å². The van der Waals surface area contributed by atoms with Gasteiger partial charge in [-0.1, -0.05) is 12.1 Å². The highest BCUT2D eigenvalue weighted by Gasteiger charge is 2.20. The third-order valence-electron chi connectivity index (χ3n) is 4.45. The van der Waals surface area contributed by atoms with Crippen molar-refractivity contribution in [2.45, 2.75) is 12.5 Å². The Balaban J connectivity index is 1.57. The number of fused-ring (bicyclic) bond motifs is 1. The Morgan fingerprint density at radius 2 is 1.96 bits per heavy atom. The zero-order valence-electron chi connectivity index (χ0n) is 14.6. The highest BCUT2D eigenvalue weighted by Crippen LogP contribution is 2.29. The lowest BCUT2D eigenvalue weighted by Gasteiger charge is -2.15. The number of benzene rings is 2. The van der Waals surface area contributed by atoms with E-state index in [9.17, 15) is 23.5 Å². The molecule has 0 aromatic heterocycles.